The van der Waals surface area contributed by atoms with Crippen LogP contribution in [0.4, 0.5) is 15.3 Å². The van der Waals surface area contributed by atoms with Crippen molar-refractivity contribution in [2.24, 2.45) is 0 Å². The van der Waals surface area contributed by atoms with Crippen molar-refractivity contribution in [1.29, 1.82) is 5.26 Å². The summed E-state index contributed by atoms with van der Waals surface area (Å²) in [4.78, 5) is 30.1. The van der Waals surface area contributed by atoms with E-state index >= 15 is 0 Å². The monoisotopic (exact) mass is 669 g/mol. The number of piperidine rings is 4. The van der Waals surface area contributed by atoms with Gasteiger partial charge in [-0.15, -0.1) is 0 Å². The summed E-state index contributed by atoms with van der Waals surface area (Å²) < 4.78 is 23.3. The number of anilines is 1. The number of carbonyl (C=O) groups is 2. The van der Waals surface area contributed by atoms with Crippen molar-refractivity contribution in [1.82, 2.24) is 15.1 Å². The standard InChI is InChI=1S/C22H31N3O3.C15H28N2O3/c1-22(2,3)28-21(26)25-14-10-20(11-15-25)27-19-8-12-24(13-9-19)18-6-4-17(16-23)5-7-18;1-15(2,3)20-14(18)17-10-6-13(7-11-17)19-12-4-8-16-9-5-12/h4-7,19-20H,8-15H2,1-3H3;12-13,16H,4-11H2,1-3H3. The maximum atomic E-state index is 12.2. The summed E-state index contributed by atoms with van der Waals surface area (Å²) in [5.41, 5.74) is 0.996. The first-order chi connectivity index (χ1) is 22.8. The number of amides is 2. The summed E-state index contributed by atoms with van der Waals surface area (Å²) >= 11 is 0. The third-order valence-electron chi connectivity index (χ3n) is 9.05. The zero-order valence-corrected chi connectivity index (χ0v) is 30.2. The molecular weight excluding hydrogens is 610 g/mol. The Balaban J connectivity index is 0.000000229. The first kappa shape index (κ1) is 37.7. The lowest BCUT2D eigenvalue weighted by Gasteiger charge is -2.38. The van der Waals surface area contributed by atoms with Crippen molar-refractivity contribution in [3.8, 4) is 6.07 Å². The Morgan fingerprint density at radius 3 is 1.40 bits per heavy atom. The van der Waals surface area contributed by atoms with Crippen LogP contribution in [0.25, 0.3) is 0 Å². The number of nitrogens with one attached hydrogen (secondary N) is 1. The number of likely N-dealkylation sites (tertiary alicyclic amines) is 2. The first-order valence-corrected chi connectivity index (χ1v) is 18.0. The van der Waals surface area contributed by atoms with Gasteiger partial charge in [-0.2, -0.15) is 5.26 Å². The van der Waals surface area contributed by atoms with Crippen LogP contribution in [0.5, 0.6) is 0 Å². The molecule has 1 N–H and O–H groups in total. The van der Waals surface area contributed by atoms with Crippen molar-refractivity contribution in [2.45, 2.75) is 129 Å². The number of nitriles is 1. The van der Waals surface area contributed by atoms with E-state index in [1.165, 1.54) is 5.69 Å². The summed E-state index contributed by atoms with van der Waals surface area (Å²) in [5, 5.41) is 12.3. The van der Waals surface area contributed by atoms with Crippen LogP contribution in [0.2, 0.25) is 0 Å². The molecule has 48 heavy (non-hydrogen) atoms. The summed E-state index contributed by atoms with van der Waals surface area (Å²) in [7, 11) is 0. The maximum absolute atomic E-state index is 12.2. The van der Waals surface area contributed by atoms with E-state index in [-0.39, 0.29) is 24.4 Å². The summed E-state index contributed by atoms with van der Waals surface area (Å²) in [6.45, 7) is 18.3. The van der Waals surface area contributed by atoms with Crippen LogP contribution in [0, 0.1) is 11.3 Å². The molecule has 11 heteroatoms. The molecule has 0 radical (unpaired) electrons. The molecule has 0 unspecified atom stereocenters. The van der Waals surface area contributed by atoms with Gasteiger partial charge >= 0.3 is 12.2 Å². The van der Waals surface area contributed by atoms with Gasteiger partial charge in [0.1, 0.15) is 11.2 Å². The van der Waals surface area contributed by atoms with Crippen LogP contribution in [0.15, 0.2) is 24.3 Å². The minimum Gasteiger partial charge on any atom is -0.444 e. The van der Waals surface area contributed by atoms with Gasteiger partial charge in [0.25, 0.3) is 0 Å². The molecule has 0 aliphatic carbocycles. The van der Waals surface area contributed by atoms with E-state index in [0.29, 0.717) is 30.9 Å². The van der Waals surface area contributed by atoms with Crippen molar-refractivity contribution < 1.29 is 28.5 Å². The third kappa shape index (κ3) is 12.8. The predicted octanol–water partition coefficient (Wildman–Crippen LogP) is 6.10. The van der Waals surface area contributed by atoms with Gasteiger partial charge in [0.2, 0.25) is 0 Å². The lowest BCUT2D eigenvalue weighted by Crippen LogP contribution is -2.45. The first-order valence-electron chi connectivity index (χ1n) is 18.0. The van der Waals surface area contributed by atoms with E-state index in [4.69, 9.17) is 24.2 Å². The van der Waals surface area contributed by atoms with Gasteiger partial charge in [0, 0.05) is 45.0 Å². The molecule has 4 aliphatic rings. The van der Waals surface area contributed by atoms with E-state index in [0.717, 1.165) is 90.6 Å². The average molecular weight is 670 g/mol. The predicted molar refractivity (Wildman–Crippen MR) is 186 cm³/mol. The van der Waals surface area contributed by atoms with Gasteiger partial charge in [-0.1, -0.05) is 0 Å². The molecule has 4 heterocycles. The van der Waals surface area contributed by atoms with E-state index in [9.17, 15) is 9.59 Å². The fourth-order valence-electron chi connectivity index (χ4n) is 6.47. The molecule has 5 rings (SSSR count). The Hall–Kier alpha value is -3.07. The van der Waals surface area contributed by atoms with Gasteiger partial charge in [-0.25, -0.2) is 9.59 Å². The zero-order chi connectivity index (χ0) is 34.7. The van der Waals surface area contributed by atoms with E-state index in [2.05, 4.69) is 16.3 Å². The Labute approximate surface area is 288 Å². The number of ether oxygens (including phenoxy) is 4. The average Bonchev–Trinajstić information content (AvgIpc) is 3.05. The second-order valence-corrected chi connectivity index (χ2v) is 15.4. The van der Waals surface area contributed by atoms with Gasteiger partial charge in [-0.3, -0.25) is 0 Å². The van der Waals surface area contributed by atoms with Crippen LogP contribution in [0.3, 0.4) is 0 Å². The Morgan fingerprint density at radius 2 is 1.02 bits per heavy atom. The third-order valence-corrected chi connectivity index (χ3v) is 9.05. The SMILES string of the molecule is CC(C)(C)OC(=O)N1CCC(OC2CCN(c3ccc(C#N)cc3)CC2)CC1.CC(C)(C)OC(=O)N1CCC(OC2CCNCC2)CC1. The van der Waals surface area contributed by atoms with Gasteiger partial charge in [0.15, 0.2) is 0 Å². The van der Waals surface area contributed by atoms with Crippen LogP contribution >= 0.6 is 0 Å². The van der Waals surface area contributed by atoms with Crippen molar-refractivity contribution in [3.63, 3.8) is 0 Å². The highest BCUT2D eigenvalue weighted by Gasteiger charge is 2.31. The molecule has 1 aromatic rings. The quantitative estimate of drug-likeness (QED) is 0.397. The van der Waals surface area contributed by atoms with Crippen LogP contribution in [-0.4, -0.2) is 110 Å². The molecule has 4 saturated heterocycles. The van der Waals surface area contributed by atoms with Crippen molar-refractivity contribution in [3.05, 3.63) is 29.8 Å². The summed E-state index contributed by atoms with van der Waals surface area (Å²) in [6.07, 6.45) is 8.59. The molecule has 0 atom stereocenters. The highest BCUT2D eigenvalue weighted by molar-refractivity contribution is 5.68. The summed E-state index contributed by atoms with van der Waals surface area (Å²) in [5.74, 6) is 0. The van der Waals surface area contributed by atoms with Gasteiger partial charge in [-0.05, 0) is 130 Å². The van der Waals surface area contributed by atoms with E-state index < -0.39 is 11.2 Å². The summed E-state index contributed by atoms with van der Waals surface area (Å²) in [6, 6.07) is 9.94. The molecular formula is C37H59N5O6. The van der Waals surface area contributed by atoms with Crippen molar-refractivity contribution in [2.75, 3.05) is 57.3 Å². The zero-order valence-electron chi connectivity index (χ0n) is 30.2. The lowest BCUT2D eigenvalue weighted by molar-refractivity contribution is -0.0556. The smallest absolute Gasteiger partial charge is 0.410 e. The molecule has 1 aromatic carbocycles. The molecule has 11 nitrogen and oxygen atoms in total. The highest BCUT2D eigenvalue weighted by Crippen LogP contribution is 2.26. The Morgan fingerprint density at radius 1 is 0.646 bits per heavy atom. The van der Waals surface area contributed by atoms with E-state index in [1.807, 2.05) is 65.8 Å². The maximum Gasteiger partial charge on any atom is 0.410 e. The molecule has 0 aromatic heterocycles. The molecule has 0 saturated carbocycles. The van der Waals surface area contributed by atoms with Crippen LogP contribution < -0.4 is 10.2 Å². The van der Waals surface area contributed by atoms with Gasteiger partial charge < -0.3 is 39.0 Å². The second kappa shape index (κ2) is 17.5. The van der Waals surface area contributed by atoms with Gasteiger partial charge in [0.05, 0.1) is 36.0 Å². The lowest BCUT2D eigenvalue weighted by atomic mass is 10.0. The molecule has 0 spiro atoms. The minimum atomic E-state index is -0.451. The van der Waals surface area contributed by atoms with E-state index in [1.54, 1.807) is 9.80 Å². The number of carbonyl (C=O) groups excluding carboxylic acids is 2. The largest absolute Gasteiger partial charge is 0.444 e. The fourth-order valence-corrected chi connectivity index (χ4v) is 6.47. The Bertz CT molecular complexity index is 1180. The fraction of sp³-hybridized carbons (Fsp3) is 0.757. The minimum absolute atomic E-state index is 0.196. The van der Waals surface area contributed by atoms with Crippen molar-refractivity contribution >= 4 is 17.9 Å². The number of hydrogen-bond acceptors (Lipinski definition) is 9. The molecule has 4 fully saturated rings. The number of rotatable bonds is 5. The number of benzene rings is 1. The Kier molecular flexibility index (Phi) is 13.8. The second-order valence-electron chi connectivity index (χ2n) is 15.4. The normalized spacial score (nSPS) is 20.8. The molecule has 268 valence electrons. The van der Waals surface area contributed by atoms with Crippen LogP contribution in [-0.2, 0) is 18.9 Å². The topological polar surface area (TPSA) is 117 Å². The molecule has 4 aliphatic heterocycles. The van der Waals surface area contributed by atoms with Crippen LogP contribution in [0.1, 0.15) is 98.5 Å². The highest BCUT2D eigenvalue weighted by atomic mass is 16.6. The molecule has 2 amide bonds. The number of nitrogens with zero attached hydrogens (tertiary/aromatic N) is 4. The number of hydrogen-bond donors (Lipinski definition) is 1. The molecule has 0 bridgehead atoms.